The van der Waals surface area contributed by atoms with Crippen LogP contribution in [0.5, 0.6) is 0 Å². The SMILES string of the molecule is Cc1cccc2[nH]c(C(=O)c3ccccc3)cc12. The van der Waals surface area contributed by atoms with E-state index in [1.807, 2.05) is 61.5 Å². The predicted molar refractivity (Wildman–Crippen MR) is 72.9 cm³/mol. The Labute approximate surface area is 105 Å². The number of ketones is 1. The van der Waals surface area contributed by atoms with Gasteiger partial charge in [-0.15, -0.1) is 0 Å². The average Bonchev–Trinajstić information content (AvgIpc) is 2.84. The lowest BCUT2D eigenvalue weighted by Crippen LogP contribution is -2.00. The van der Waals surface area contributed by atoms with Crippen molar-refractivity contribution in [3.05, 3.63) is 71.4 Å². The van der Waals surface area contributed by atoms with Crippen LogP contribution < -0.4 is 0 Å². The maximum absolute atomic E-state index is 12.3. The Bertz CT molecular complexity index is 710. The summed E-state index contributed by atoms with van der Waals surface area (Å²) in [7, 11) is 0. The lowest BCUT2D eigenvalue weighted by atomic mass is 10.1. The average molecular weight is 235 g/mol. The fraction of sp³-hybridized carbons (Fsp3) is 0.0625. The summed E-state index contributed by atoms with van der Waals surface area (Å²) in [5, 5.41) is 1.11. The maximum atomic E-state index is 12.3. The summed E-state index contributed by atoms with van der Waals surface area (Å²) < 4.78 is 0. The van der Waals surface area contributed by atoms with Crippen LogP contribution in [-0.4, -0.2) is 10.8 Å². The third-order valence-corrected chi connectivity index (χ3v) is 3.16. The molecule has 18 heavy (non-hydrogen) atoms. The fourth-order valence-corrected chi connectivity index (χ4v) is 2.17. The van der Waals surface area contributed by atoms with Gasteiger partial charge in [-0.2, -0.15) is 0 Å². The monoisotopic (exact) mass is 235 g/mol. The summed E-state index contributed by atoms with van der Waals surface area (Å²) in [6.45, 7) is 2.05. The van der Waals surface area contributed by atoms with Crippen molar-refractivity contribution in [2.24, 2.45) is 0 Å². The lowest BCUT2D eigenvalue weighted by Gasteiger charge is -1.96. The van der Waals surface area contributed by atoms with Gasteiger partial charge >= 0.3 is 0 Å². The molecule has 0 saturated carbocycles. The summed E-state index contributed by atoms with van der Waals surface area (Å²) in [6, 6.07) is 17.3. The zero-order chi connectivity index (χ0) is 12.5. The van der Waals surface area contributed by atoms with Gasteiger partial charge < -0.3 is 4.98 Å². The van der Waals surface area contributed by atoms with Crippen molar-refractivity contribution in [3.63, 3.8) is 0 Å². The molecule has 0 fully saturated rings. The van der Waals surface area contributed by atoms with E-state index in [2.05, 4.69) is 4.98 Å². The van der Waals surface area contributed by atoms with Gasteiger partial charge in [0.1, 0.15) is 0 Å². The summed E-state index contributed by atoms with van der Waals surface area (Å²) in [6.07, 6.45) is 0. The van der Waals surface area contributed by atoms with Crippen LogP contribution in [0.15, 0.2) is 54.6 Å². The molecule has 2 aromatic carbocycles. The molecule has 0 spiro atoms. The van der Waals surface area contributed by atoms with Crippen molar-refractivity contribution in [3.8, 4) is 0 Å². The van der Waals surface area contributed by atoms with Crippen molar-refractivity contribution < 1.29 is 4.79 Å². The largest absolute Gasteiger partial charge is 0.352 e. The Balaban J connectivity index is 2.10. The zero-order valence-electron chi connectivity index (χ0n) is 10.1. The third-order valence-electron chi connectivity index (χ3n) is 3.16. The van der Waals surface area contributed by atoms with E-state index >= 15 is 0 Å². The molecule has 2 nitrogen and oxygen atoms in total. The van der Waals surface area contributed by atoms with Crippen molar-refractivity contribution in [2.45, 2.75) is 6.92 Å². The predicted octanol–water partition coefficient (Wildman–Crippen LogP) is 3.71. The van der Waals surface area contributed by atoms with Crippen LogP contribution >= 0.6 is 0 Å². The van der Waals surface area contributed by atoms with Gasteiger partial charge in [0.05, 0.1) is 5.69 Å². The number of aromatic amines is 1. The van der Waals surface area contributed by atoms with Gasteiger partial charge in [0.2, 0.25) is 5.78 Å². The second-order valence-electron chi connectivity index (χ2n) is 4.41. The third kappa shape index (κ3) is 1.72. The highest BCUT2D eigenvalue weighted by Crippen LogP contribution is 2.20. The quantitative estimate of drug-likeness (QED) is 0.675. The number of carbonyl (C=O) groups is 1. The van der Waals surface area contributed by atoms with Gasteiger partial charge in [-0.25, -0.2) is 0 Å². The summed E-state index contributed by atoms with van der Waals surface area (Å²) in [4.78, 5) is 15.5. The molecule has 1 N–H and O–H groups in total. The molecule has 88 valence electrons. The zero-order valence-corrected chi connectivity index (χ0v) is 10.1. The number of H-pyrrole nitrogens is 1. The second kappa shape index (κ2) is 4.15. The highest BCUT2D eigenvalue weighted by molar-refractivity contribution is 6.10. The molecule has 1 aromatic heterocycles. The number of carbonyl (C=O) groups excluding carboxylic acids is 1. The Hall–Kier alpha value is -2.35. The highest BCUT2D eigenvalue weighted by Gasteiger charge is 2.12. The van der Waals surface area contributed by atoms with E-state index in [4.69, 9.17) is 0 Å². The number of fused-ring (bicyclic) bond motifs is 1. The minimum atomic E-state index is 0.0335. The number of hydrogen-bond acceptors (Lipinski definition) is 1. The first kappa shape index (κ1) is 10.8. The molecule has 0 atom stereocenters. The molecule has 3 aromatic rings. The molecule has 0 radical (unpaired) electrons. The van der Waals surface area contributed by atoms with Crippen molar-refractivity contribution in [1.82, 2.24) is 4.98 Å². The Kier molecular flexibility index (Phi) is 2.49. The first-order valence-electron chi connectivity index (χ1n) is 5.94. The van der Waals surface area contributed by atoms with Gasteiger partial charge in [-0.3, -0.25) is 4.79 Å². The van der Waals surface area contributed by atoms with Gasteiger partial charge in [0.15, 0.2) is 0 Å². The van der Waals surface area contributed by atoms with Crippen LogP contribution in [0, 0.1) is 6.92 Å². The molecule has 0 aliphatic carbocycles. The maximum Gasteiger partial charge on any atom is 0.209 e. The number of rotatable bonds is 2. The number of nitrogens with one attached hydrogen (secondary N) is 1. The summed E-state index contributed by atoms with van der Waals surface area (Å²) in [5.74, 6) is 0.0335. The standard InChI is InChI=1S/C16H13NO/c1-11-6-5-9-14-13(11)10-15(17-14)16(18)12-7-3-2-4-8-12/h2-10,17H,1H3. The van der Waals surface area contributed by atoms with E-state index in [1.165, 1.54) is 5.56 Å². The molecular formula is C16H13NO. The van der Waals surface area contributed by atoms with E-state index in [9.17, 15) is 4.79 Å². The normalized spacial score (nSPS) is 10.7. The molecular weight excluding hydrogens is 222 g/mol. The van der Waals surface area contributed by atoms with Crippen LogP contribution in [0.3, 0.4) is 0 Å². The molecule has 0 saturated heterocycles. The minimum Gasteiger partial charge on any atom is -0.352 e. The lowest BCUT2D eigenvalue weighted by molar-refractivity contribution is 0.103. The topological polar surface area (TPSA) is 32.9 Å². The van der Waals surface area contributed by atoms with Crippen LogP contribution in [-0.2, 0) is 0 Å². The molecule has 1 heterocycles. The minimum absolute atomic E-state index is 0.0335. The van der Waals surface area contributed by atoms with E-state index < -0.39 is 0 Å². The number of hydrogen-bond donors (Lipinski definition) is 1. The second-order valence-corrected chi connectivity index (χ2v) is 4.41. The summed E-state index contributed by atoms with van der Waals surface area (Å²) >= 11 is 0. The summed E-state index contributed by atoms with van der Waals surface area (Å²) in [5.41, 5.74) is 3.54. The molecule has 0 bridgehead atoms. The van der Waals surface area contributed by atoms with Gasteiger partial charge in [-0.05, 0) is 24.6 Å². The number of aromatic nitrogens is 1. The molecule has 3 rings (SSSR count). The highest BCUT2D eigenvalue weighted by atomic mass is 16.1. The number of aryl methyl sites for hydroxylation is 1. The van der Waals surface area contributed by atoms with Gasteiger partial charge in [0, 0.05) is 16.5 Å². The van der Waals surface area contributed by atoms with Crippen LogP contribution in [0.25, 0.3) is 10.9 Å². The van der Waals surface area contributed by atoms with Gasteiger partial charge in [0.25, 0.3) is 0 Å². The number of benzene rings is 2. The first-order valence-corrected chi connectivity index (χ1v) is 5.94. The Morgan fingerprint density at radius 3 is 2.50 bits per heavy atom. The van der Waals surface area contributed by atoms with Crippen molar-refractivity contribution in [1.29, 1.82) is 0 Å². The van der Waals surface area contributed by atoms with E-state index in [-0.39, 0.29) is 5.78 Å². The van der Waals surface area contributed by atoms with Gasteiger partial charge in [-0.1, -0.05) is 42.5 Å². The van der Waals surface area contributed by atoms with Crippen molar-refractivity contribution >= 4 is 16.7 Å². The van der Waals surface area contributed by atoms with Crippen LogP contribution in [0.4, 0.5) is 0 Å². The first-order chi connectivity index (χ1) is 8.75. The van der Waals surface area contributed by atoms with Crippen LogP contribution in [0.2, 0.25) is 0 Å². The van der Waals surface area contributed by atoms with Crippen molar-refractivity contribution in [2.75, 3.05) is 0 Å². The molecule has 0 aliphatic heterocycles. The van der Waals surface area contributed by atoms with E-state index in [1.54, 1.807) is 0 Å². The molecule has 0 unspecified atom stereocenters. The molecule has 0 aliphatic rings. The van der Waals surface area contributed by atoms with Crippen LogP contribution in [0.1, 0.15) is 21.6 Å². The van der Waals surface area contributed by atoms with E-state index in [0.717, 1.165) is 10.9 Å². The molecule has 2 heteroatoms. The smallest absolute Gasteiger partial charge is 0.209 e. The fourth-order valence-electron chi connectivity index (χ4n) is 2.17. The molecule has 0 amide bonds. The Morgan fingerprint density at radius 1 is 1.00 bits per heavy atom. The Morgan fingerprint density at radius 2 is 1.78 bits per heavy atom. The van der Waals surface area contributed by atoms with E-state index in [0.29, 0.717) is 11.3 Å².